The van der Waals surface area contributed by atoms with Crippen molar-refractivity contribution < 1.29 is 0 Å². The van der Waals surface area contributed by atoms with Crippen molar-refractivity contribution in [2.75, 3.05) is 6.54 Å². The van der Waals surface area contributed by atoms with Gasteiger partial charge >= 0.3 is 0 Å². The molecule has 0 aliphatic heterocycles. The largest absolute Gasteiger partial charge is 0.342 e. The van der Waals surface area contributed by atoms with Gasteiger partial charge in [0.15, 0.2) is 0 Å². The molecule has 0 aliphatic carbocycles. The highest BCUT2D eigenvalue weighted by molar-refractivity contribution is 6.42. The van der Waals surface area contributed by atoms with Crippen molar-refractivity contribution in [2.24, 2.45) is 0 Å². The molecule has 0 aliphatic rings. The van der Waals surface area contributed by atoms with Crippen molar-refractivity contribution >= 4 is 45.8 Å². The fourth-order valence-electron chi connectivity index (χ4n) is 3.59. The van der Waals surface area contributed by atoms with Gasteiger partial charge in [0.2, 0.25) is 0 Å². The minimum atomic E-state index is 0.516. The van der Waals surface area contributed by atoms with E-state index in [1.165, 1.54) is 11.1 Å². The van der Waals surface area contributed by atoms with Gasteiger partial charge in [0.1, 0.15) is 5.82 Å². The molecular weight excluding hydrogens is 437 g/mol. The van der Waals surface area contributed by atoms with E-state index in [9.17, 15) is 0 Å². The zero-order valence-corrected chi connectivity index (χ0v) is 18.9. The molecule has 154 valence electrons. The van der Waals surface area contributed by atoms with Crippen LogP contribution in [0.1, 0.15) is 23.9 Å². The third kappa shape index (κ3) is 4.65. The minimum Gasteiger partial charge on any atom is -0.342 e. The number of fused-ring (bicyclic) bond motifs is 1. The zero-order valence-electron chi connectivity index (χ0n) is 16.6. The first-order valence-corrected chi connectivity index (χ1v) is 11.1. The highest BCUT2D eigenvalue weighted by atomic mass is 35.5. The monoisotopic (exact) mass is 457 g/mol. The summed E-state index contributed by atoms with van der Waals surface area (Å²) in [4.78, 5) is 7.87. The molecule has 0 amide bonds. The molecule has 0 fully saturated rings. The maximum Gasteiger partial charge on any atom is 0.108 e. The van der Waals surface area contributed by atoms with Gasteiger partial charge in [-0.3, -0.25) is 0 Å². The highest BCUT2D eigenvalue weighted by Crippen LogP contribution is 2.31. The van der Waals surface area contributed by atoms with Gasteiger partial charge in [0.05, 0.1) is 21.1 Å². The van der Waals surface area contributed by atoms with Crippen molar-refractivity contribution in [2.45, 2.75) is 26.3 Å². The number of nitrogens with zero attached hydrogens (tertiary/aromatic N) is 1. The summed E-state index contributed by atoms with van der Waals surface area (Å²) in [6, 6.07) is 18.3. The SMILES string of the molecule is CCc1ccccc1-c1ccc(CNCCc2nc3cc(Cl)c(Cl)cc3[nH]2)cc1Cl. The molecule has 1 aromatic heterocycles. The Morgan fingerprint density at radius 2 is 1.70 bits per heavy atom. The van der Waals surface area contributed by atoms with Gasteiger partial charge in [-0.1, -0.05) is 78.1 Å². The third-order valence-corrected chi connectivity index (χ3v) is 6.20. The van der Waals surface area contributed by atoms with Crippen LogP contribution in [0.15, 0.2) is 54.6 Å². The number of hydrogen-bond acceptors (Lipinski definition) is 2. The molecule has 0 atom stereocenters. The quantitative estimate of drug-likeness (QED) is 0.290. The molecule has 2 N–H and O–H groups in total. The predicted octanol–water partition coefficient (Wildman–Crippen LogP) is 7.08. The Morgan fingerprint density at radius 1 is 0.900 bits per heavy atom. The van der Waals surface area contributed by atoms with Crippen molar-refractivity contribution in [3.8, 4) is 11.1 Å². The van der Waals surface area contributed by atoms with E-state index >= 15 is 0 Å². The topological polar surface area (TPSA) is 40.7 Å². The van der Waals surface area contributed by atoms with Crippen LogP contribution in [0.2, 0.25) is 15.1 Å². The van der Waals surface area contributed by atoms with Crippen LogP contribution in [0.5, 0.6) is 0 Å². The summed E-state index contributed by atoms with van der Waals surface area (Å²) in [5.41, 5.74) is 6.47. The second-order valence-electron chi connectivity index (χ2n) is 7.22. The minimum absolute atomic E-state index is 0.516. The smallest absolute Gasteiger partial charge is 0.108 e. The number of imidazole rings is 1. The summed E-state index contributed by atoms with van der Waals surface area (Å²) in [7, 11) is 0. The molecule has 0 radical (unpaired) electrons. The lowest BCUT2D eigenvalue weighted by Gasteiger charge is -2.11. The number of aromatic amines is 1. The Kier molecular flexibility index (Phi) is 6.64. The second kappa shape index (κ2) is 9.40. The first kappa shape index (κ1) is 21.2. The fourth-order valence-corrected chi connectivity index (χ4v) is 4.22. The van der Waals surface area contributed by atoms with Gasteiger partial charge in [0, 0.05) is 30.1 Å². The molecule has 30 heavy (non-hydrogen) atoms. The third-order valence-electron chi connectivity index (χ3n) is 5.16. The number of H-pyrrole nitrogens is 1. The maximum atomic E-state index is 6.61. The standard InChI is InChI=1S/C24H22Cl3N3/c1-2-16-5-3-4-6-17(16)18-8-7-15(11-19(18)25)14-28-10-9-24-29-22-12-20(26)21(27)13-23(22)30-24/h3-8,11-13,28H,2,9-10,14H2,1H3,(H,29,30). The van der Waals surface area contributed by atoms with Gasteiger partial charge in [-0.2, -0.15) is 0 Å². The van der Waals surface area contributed by atoms with Crippen LogP contribution in [0, 0.1) is 0 Å². The normalized spacial score (nSPS) is 11.3. The van der Waals surface area contributed by atoms with Gasteiger partial charge in [-0.25, -0.2) is 4.98 Å². The highest BCUT2D eigenvalue weighted by Gasteiger charge is 2.09. The Hall–Kier alpha value is -2.04. The molecule has 0 unspecified atom stereocenters. The van der Waals surface area contributed by atoms with E-state index in [-0.39, 0.29) is 0 Å². The van der Waals surface area contributed by atoms with Crippen molar-refractivity contribution in [1.82, 2.24) is 15.3 Å². The maximum absolute atomic E-state index is 6.61. The van der Waals surface area contributed by atoms with Crippen LogP contribution >= 0.6 is 34.8 Å². The average Bonchev–Trinajstić information content (AvgIpc) is 3.13. The Labute approximate surface area is 191 Å². The number of halogens is 3. The van der Waals surface area contributed by atoms with E-state index in [0.717, 1.165) is 58.9 Å². The van der Waals surface area contributed by atoms with Gasteiger partial charge in [-0.05, 0) is 41.3 Å². The predicted molar refractivity (Wildman–Crippen MR) is 128 cm³/mol. The Morgan fingerprint density at radius 3 is 2.50 bits per heavy atom. The molecule has 3 nitrogen and oxygen atoms in total. The van der Waals surface area contributed by atoms with E-state index < -0.39 is 0 Å². The van der Waals surface area contributed by atoms with Crippen LogP contribution in [0.4, 0.5) is 0 Å². The number of rotatable bonds is 7. The first-order valence-electron chi connectivity index (χ1n) is 9.96. The molecule has 6 heteroatoms. The summed E-state index contributed by atoms with van der Waals surface area (Å²) in [5.74, 6) is 0.903. The number of nitrogens with one attached hydrogen (secondary N) is 2. The summed E-state index contributed by atoms with van der Waals surface area (Å²) >= 11 is 18.7. The van der Waals surface area contributed by atoms with Gasteiger partial charge < -0.3 is 10.3 Å². The summed E-state index contributed by atoms with van der Waals surface area (Å²) < 4.78 is 0. The van der Waals surface area contributed by atoms with Gasteiger partial charge in [-0.15, -0.1) is 0 Å². The molecule has 0 bridgehead atoms. The Bertz CT molecular complexity index is 1140. The van der Waals surface area contributed by atoms with Crippen LogP contribution in [-0.2, 0) is 19.4 Å². The summed E-state index contributed by atoms with van der Waals surface area (Å²) in [6.45, 7) is 3.70. The second-order valence-corrected chi connectivity index (χ2v) is 8.44. The lowest BCUT2D eigenvalue weighted by Crippen LogP contribution is -2.17. The zero-order chi connectivity index (χ0) is 21.1. The lowest BCUT2D eigenvalue weighted by molar-refractivity contribution is 0.675. The van der Waals surface area contributed by atoms with Crippen LogP contribution in [-0.4, -0.2) is 16.5 Å². The van der Waals surface area contributed by atoms with E-state index in [1.807, 2.05) is 12.1 Å². The number of hydrogen-bond donors (Lipinski definition) is 2. The van der Waals surface area contributed by atoms with E-state index in [4.69, 9.17) is 34.8 Å². The number of benzene rings is 3. The van der Waals surface area contributed by atoms with Gasteiger partial charge in [0.25, 0.3) is 0 Å². The molecule has 4 rings (SSSR count). The van der Waals surface area contributed by atoms with E-state index in [0.29, 0.717) is 10.0 Å². The van der Waals surface area contributed by atoms with Crippen LogP contribution < -0.4 is 5.32 Å². The van der Waals surface area contributed by atoms with Crippen LogP contribution in [0.3, 0.4) is 0 Å². The molecule has 3 aromatic carbocycles. The molecule has 1 heterocycles. The molecule has 4 aromatic rings. The summed E-state index contributed by atoms with van der Waals surface area (Å²) in [5, 5.41) is 5.28. The first-order chi connectivity index (χ1) is 14.5. The Balaban J connectivity index is 1.37. The van der Waals surface area contributed by atoms with Crippen molar-refractivity contribution in [3.63, 3.8) is 0 Å². The number of aromatic nitrogens is 2. The number of aryl methyl sites for hydroxylation is 1. The lowest BCUT2D eigenvalue weighted by atomic mass is 9.97. The molecular formula is C24H22Cl3N3. The molecule has 0 saturated carbocycles. The van der Waals surface area contributed by atoms with Crippen molar-refractivity contribution in [3.05, 3.63) is 86.6 Å². The molecule has 0 saturated heterocycles. The average molecular weight is 459 g/mol. The van der Waals surface area contributed by atoms with Crippen molar-refractivity contribution in [1.29, 1.82) is 0 Å². The molecule has 0 spiro atoms. The summed E-state index contributed by atoms with van der Waals surface area (Å²) in [6.07, 6.45) is 1.76. The van der Waals surface area contributed by atoms with E-state index in [1.54, 1.807) is 6.07 Å². The van der Waals surface area contributed by atoms with E-state index in [2.05, 4.69) is 58.6 Å². The van der Waals surface area contributed by atoms with Crippen LogP contribution in [0.25, 0.3) is 22.2 Å². The fraction of sp³-hybridized carbons (Fsp3) is 0.208.